The van der Waals surface area contributed by atoms with Crippen LogP contribution in [0.3, 0.4) is 0 Å². The molecule has 1 aliphatic heterocycles. The van der Waals surface area contributed by atoms with Crippen LogP contribution >= 0.6 is 0 Å². The number of carbonyl (C=O) groups excluding carboxylic acids is 1. The lowest BCUT2D eigenvalue weighted by atomic mass is 9.98. The minimum atomic E-state index is 0.123. The topological polar surface area (TPSA) is 44.4 Å². The Hall–Kier alpha value is -0.610. The summed E-state index contributed by atoms with van der Waals surface area (Å²) in [4.78, 5) is 13.5. The van der Waals surface area contributed by atoms with Crippen molar-refractivity contribution in [2.24, 2.45) is 5.92 Å². The number of likely N-dealkylation sites (tertiary alicyclic amines) is 1. The third kappa shape index (κ3) is 4.94. The highest BCUT2D eigenvalue weighted by molar-refractivity contribution is 5.77. The lowest BCUT2D eigenvalue weighted by Crippen LogP contribution is -2.44. The molecule has 1 unspecified atom stereocenters. The first kappa shape index (κ1) is 13.5. The Bertz CT molecular complexity index is 218. The predicted octanol–water partition coefficient (Wildman–Crippen LogP) is 0.442. The molecule has 94 valence electrons. The number of likely N-dealkylation sites (N-methyl/N-ethyl adjacent to an activating group) is 1. The number of hydrogen-bond donors (Lipinski definition) is 2. The fraction of sp³-hybridized carbons (Fsp3) is 0.917. The van der Waals surface area contributed by atoms with Crippen LogP contribution in [0.25, 0.3) is 0 Å². The van der Waals surface area contributed by atoms with Crippen LogP contribution in [0, 0.1) is 5.92 Å². The van der Waals surface area contributed by atoms with Crippen molar-refractivity contribution in [2.45, 2.75) is 32.7 Å². The Morgan fingerprint density at radius 3 is 2.88 bits per heavy atom. The second kappa shape index (κ2) is 6.86. The Balaban J connectivity index is 2.26. The largest absolute Gasteiger partial charge is 0.358 e. The second-order valence-electron chi connectivity index (χ2n) is 4.98. The van der Waals surface area contributed by atoms with Gasteiger partial charge in [0, 0.05) is 19.6 Å². The molecule has 1 saturated heterocycles. The van der Waals surface area contributed by atoms with Crippen LogP contribution < -0.4 is 10.6 Å². The summed E-state index contributed by atoms with van der Waals surface area (Å²) in [6, 6.07) is 0.550. The van der Waals surface area contributed by atoms with Crippen LogP contribution in [0.2, 0.25) is 0 Å². The lowest BCUT2D eigenvalue weighted by Gasteiger charge is -2.32. The van der Waals surface area contributed by atoms with Gasteiger partial charge in [-0.3, -0.25) is 9.69 Å². The van der Waals surface area contributed by atoms with Crippen molar-refractivity contribution >= 4 is 5.91 Å². The van der Waals surface area contributed by atoms with Gasteiger partial charge in [0.15, 0.2) is 0 Å². The maximum absolute atomic E-state index is 11.3. The van der Waals surface area contributed by atoms with Gasteiger partial charge in [-0.2, -0.15) is 0 Å². The zero-order chi connectivity index (χ0) is 12.0. The molecule has 16 heavy (non-hydrogen) atoms. The van der Waals surface area contributed by atoms with Crippen LogP contribution in [0.1, 0.15) is 26.7 Å². The molecule has 1 amide bonds. The van der Waals surface area contributed by atoms with Crippen LogP contribution in [0.15, 0.2) is 0 Å². The fourth-order valence-corrected chi connectivity index (χ4v) is 2.15. The van der Waals surface area contributed by atoms with E-state index < -0.39 is 0 Å². The quantitative estimate of drug-likeness (QED) is 0.716. The molecule has 0 aromatic heterocycles. The standard InChI is InChI=1S/C12H25N3O/c1-10(2)14-7-11-5-4-6-15(8-11)9-12(16)13-3/h10-11,14H,4-9H2,1-3H3,(H,13,16). The van der Waals surface area contributed by atoms with E-state index in [9.17, 15) is 4.79 Å². The Kier molecular flexibility index (Phi) is 5.77. The molecule has 0 radical (unpaired) electrons. The van der Waals surface area contributed by atoms with E-state index in [4.69, 9.17) is 0 Å². The highest BCUT2D eigenvalue weighted by Gasteiger charge is 2.20. The number of hydrogen-bond acceptors (Lipinski definition) is 3. The summed E-state index contributed by atoms with van der Waals surface area (Å²) in [6.45, 7) is 8.07. The van der Waals surface area contributed by atoms with Gasteiger partial charge >= 0.3 is 0 Å². The first-order chi connectivity index (χ1) is 7.61. The number of nitrogens with zero attached hydrogens (tertiary/aromatic N) is 1. The molecule has 0 saturated carbocycles. The van der Waals surface area contributed by atoms with E-state index in [1.807, 2.05) is 0 Å². The molecule has 1 fully saturated rings. The zero-order valence-corrected chi connectivity index (χ0v) is 10.8. The van der Waals surface area contributed by atoms with Crippen LogP contribution in [-0.4, -0.2) is 50.1 Å². The minimum Gasteiger partial charge on any atom is -0.358 e. The summed E-state index contributed by atoms with van der Waals surface area (Å²) in [6.07, 6.45) is 2.49. The third-order valence-electron chi connectivity index (χ3n) is 3.06. The van der Waals surface area contributed by atoms with Gasteiger partial charge in [-0.25, -0.2) is 0 Å². The second-order valence-corrected chi connectivity index (χ2v) is 4.98. The van der Waals surface area contributed by atoms with Crippen molar-refractivity contribution in [1.29, 1.82) is 0 Å². The molecule has 2 N–H and O–H groups in total. The van der Waals surface area contributed by atoms with Crippen molar-refractivity contribution in [2.75, 3.05) is 33.2 Å². The van der Waals surface area contributed by atoms with Crippen molar-refractivity contribution in [3.05, 3.63) is 0 Å². The normalized spacial score (nSPS) is 22.4. The molecule has 0 aromatic rings. The highest BCUT2D eigenvalue weighted by atomic mass is 16.1. The van der Waals surface area contributed by atoms with Crippen LogP contribution in [0.4, 0.5) is 0 Å². The summed E-state index contributed by atoms with van der Waals surface area (Å²) in [5, 5.41) is 6.16. The number of amides is 1. The number of piperidine rings is 1. The van der Waals surface area contributed by atoms with Gasteiger partial charge in [0.05, 0.1) is 6.54 Å². The van der Waals surface area contributed by atoms with E-state index in [0.717, 1.165) is 19.6 Å². The molecular formula is C12H25N3O. The van der Waals surface area contributed by atoms with E-state index in [1.165, 1.54) is 12.8 Å². The van der Waals surface area contributed by atoms with E-state index >= 15 is 0 Å². The average molecular weight is 227 g/mol. The van der Waals surface area contributed by atoms with Gasteiger partial charge in [-0.1, -0.05) is 13.8 Å². The van der Waals surface area contributed by atoms with Crippen molar-refractivity contribution in [3.63, 3.8) is 0 Å². The molecule has 0 aromatic carbocycles. The smallest absolute Gasteiger partial charge is 0.233 e. The highest BCUT2D eigenvalue weighted by Crippen LogP contribution is 2.15. The molecular weight excluding hydrogens is 202 g/mol. The fourth-order valence-electron chi connectivity index (χ4n) is 2.15. The molecule has 0 aliphatic carbocycles. The van der Waals surface area contributed by atoms with E-state index in [0.29, 0.717) is 18.5 Å². The summed E-state index contributed by atoms with van der Waals surface area (Å²) in [7, 11) is 1.70. The zero-order valence-electron chi connectivity index (χ0n) is 10.8. The maximum Gasteiger partial charge on any atom is 0.233 e. The number of nitrogens with one attached hydrogen (secondary N) is 2. The van der Waals surface area contributed by atoms with Gasteiger partial charge in [0.2, 0.25) is 5.91 Å². The van der Waals surface area contributed by atoms with E-state index in [-0.39, 0.29) is 5.91 Å². The minimum absolute atomic E-state index is 0.123. The van der Waals surface area contributed by atoms with Crippen molar-refractivity contribution in [1.82, 2.24) is 15.5 Å². The van der Waals surface area contributed by atoms with Crippen molar-refractivity contribution < 1.29 is 4.79 Å². The first-order valence-corrected chi connectivity index (χ1v) is 6.28. The number of carbonyl (C=O) groups is 1. The molecule has 1 aliphatic rings. The van der Waals surface area contributed by atoms with Gasteiger partial charge in [0.1, 0.15) is 0 Å². The van der Waals surface area contributed by atoms with Gasteiger partial charge < -0.3 is 10.6 Å². The monoisotopic (exact) mass is 227 g/mol. The molecule has 4 heteroatoms. The van der Waals surface area contributed by atoms with Crippen molar-refractivity contribution in [3.8, 4) is 0 Å². The molecule has 1 rings (SSSR count). The lowest BCUT2D eigenvalue weighted by molar-refractivity contribution is -0.122. The first-order valence-electron chi connectivity index (χ1n) is 6.28. The number of rotatable bonds is 5. The Morgan fingerprint density at radius 1 is 1.50 bits per heavy atom. The molecule has 0 spiro atoms. The third-order valence-corrected chi connectivity index (χ3v) is 3.06. The Labute approximate surface area is 98.8 Å². The summed E-state index contributed by atoms with van der Waals surface area (Å²) in [5.74, 6) is 0.818. The van der Waals surface area contributed by atoms with Gasteiger partial charge in [-0.15, -0.1) is 0 Å². The van der Waals surface area contributed by atoms with Crippen LogP contribution in [-0.2, 0) is 4.79 Å². The summed E-state index contributed by atoms with van der Waals surface area (Å²) < 4.78 is 0. The van der Waals surface area contributed by atoms with Gasteiger partial charge in [0.25, 0.3) is 0 Å². The molecule has 0 bridgehead atoms. The van der Waals surface area contributed by atoms with Crippen LogP contribution in [0.5, 0.6) is 0 Å². The summed E-state index contributed by atoms with van der Waals surface area (Å²) in [5.41, 5.74) is 0. The molecule has 4 nitrogen and oxygen atoms in total. The maximum atomic E-state index is 11.3. The predicted molar refractivity (Wildman–Crippen MR) is 66.4 cm³/mol. The average Bonchev–Trinajstić information content (AvgIpc) is 2.26. The van der Waals surface area contributed by atoms with Gasteiger partial charge in [-0.05, 0) is 31.8 Å². The van der Waals surface area contributed by atoms with E-state index in [2.05, 4.69) is 29.4 Å². The SMILES string of the molecule is CNC(=O)CN1CCCC(CNC(C)C)C1. The summed E-state index contributed by atoms with van der Waals surface area (Å²) >= 11 is 0. The Morgan fingerprint density at radius 2 is 2.25 bits per heavy atom. The van der Waals surface area contributed by atoms with E-state index in [1.54, 1.807) is 7.05 Å². The molecule has 1 atom stereocenters. The molecule has 1 heterocycles.